The average Bonchev–Trinajstić information content (AvgIpc) is 3.17. The molecule has 0 saturated heterocycles. The lowest BCUT2D eigenvalue weighted by Gasteiger charge is -2.42. The summed E-state index contributed by atoms with van der Waals surface area (Å²) in [5.41, 5.74) is 1.69. The van der Waals surface area contributed by atoms with Gasteiger partial charge in [-0.1, -0.05) is 56.3 Å². The van der Waals surface area contributed by atoms with Crippen LogP contribution >= 0.6 is 0 Å². The van der Waals surface area contributed by atoms with Crippen LogP contribution in [0.25, 0.3) is 0 Å². The number of urea groups is 1. The maximum absolute atomic E-state index is 13.0. The molecule has 2 aromatic rings. The molecule has 2 aromatic carbocycles. The third-order valence-corrected chi connectivity index (χ3v) is 7.01. The molecule has 0 aromatic heterocycles. The number of methoxy groups -OCH3 is 1. The Kier molecular flexibility index (Phi) is 6.82. The number of ether oxygens (including phenoxy) is 1. The summed E-state index contributed by atoms with van der Waals surface area (Å²) in [6.45, 7) is 4.20. The van der Waals surface area contributed by atoms with Gasteiger partial charge < -0.3 is 10.1 Å². The lowest BCUT2D eigenvalue weighted by Crippen LogP contribution is -2.49. The van der Waals surface area contributed by atoms with Crippen molar-refractivity contribution >= 4 is 23.6 Å². The van der Waals surface area contributed by atoms with Gasteiger partial charge in [0.2, 0.25) is 0 Å². The van der Waals surface area contributed by atoms with Gasteiger partial charge in [-0.3, -0.25) is 14.5 Å². The minimum Gasteiger partial charge on any atom is -0.496 e. The molecule has 0 unspecified atom stereocenters. The van der Waals surface area contributed by atoms with E-state index in [9.17, 15) is 14.4 Å². The fourth-order valence-corrected chi connectivity index (χ4v) is 5.06. The van der Waals surface area contributed by atoms with Crippen molar-refractivity contribution in [1.29, 1.82) is 0 Å². The van der Waals surface area contributed by atoms with Crippen LogP contribution in [0.3, 0.4) is 0 Å². The van der Waals surface area contributed by atoms with Crippen molar-refractivity contribution in [1.82, 2.24) is 10.2 Å². The number of aliphatic imine (C=N–C) groups is 1. The topological polar surface area (TPSA) is 88.1 Å². The van der Waals surface area contributed by atoms with Crippen LogP contribution in [0.15, 0.2) is 59.6 Å². The Bertz CT molecular complexity index is 1100. The number of para-hydroxylation sites is 1. The minimum atomic E-state index is -0.449. The van der Waals surface area contributed by atoms with Crippen LogP contribution < -0.4 is 10.1 Å². The zero-order valence-corrected chi connectivity index (χ0v) is 19.9. The standard InChI is InChI=1S/C27H31N3O4/c1-18(2)23-25(32)30(26(33)29-23)20-13-15-27(16-14-20,19-9-5-4-6-10-19)17-28-24(31)21-11-7-8-12-22(21)34-3/h4-12,18,20H,13-17H2,1-3H3,(H,28,31)/t20-,27-. The zero-order chi connectivity index (χ0) is 24.3. The predicted octanol–water partition coefficient (Wildman–Crippen LogP) is 4.36. The summed E-state index contributed by atoms with van der Waals surface area (Å²) < 4.78 is 5.34. The van der Waals surface area contributed by atoms with Gasteiger partial charge in [-0.15, -0.1) is 0 Å². The van der Waals surface area contributed by atoms with E-state index in [0.29, 0.717) is 36.4 Å². The summed E-state index contributed by atoms with van der Waals surface area (Å²) in [6, 6.07) is 16.7. The van der Waals surface area contributed by atoms with Crippen LogP contribution in [0.2, 0.25) is 0 Å². The monoisotopic (exact) mass is 461 g/mol. The van der Waals surface area contributed by atoms with Crippen molar-refractivity contribution < 1.29 is 19.1 Å². The van der Waals surface area contributed by atoms with Crippen molar-refractivity contribution in [2.75, 3.05) is 13.7 Å². The van der Waals surface area contributed by atoms with Crippen LogP contribution in [0.4, 0.5) is 4.79 Å². The molecule has 4 rings (SSSR count). The van der Waals surface area contributed by atoms with E-state index in [0.717, 1.165) is 18.4 Å². The normalized spacial score (nSPS) is 22.6. The Labute approximate surface area is 200 Å². The molecular formula is C27H31N3O4. The van der Waals surface area contributed by atoms with E-state index in [2.05, 4.69) is 22.4 Å². The number of hydrogen-bond donors (Lipinski definition) is 1. The van der Waals surface area contributed by atoms with Crippen molar-refractivity contribution in [3.63, 3.8) is 0 Å². The number of hydrogen-bond acceptors (Lipinski definition) is 4. The highest BCUT2D eigenvalue weighted by atomic mass is 16.5. The van der Waals surface area contributed by atoms with E-state index in [4.69, 9.17) is 4.74 Å². The van der Waals surface area contributed by atoms with E-state index in [1.807, 2.05) is 44.2 Å². The van der Waals surface area contributed by atoms with Crippen LogP contribution in [0, 0.1) is 5.92 Å². The molecule has 2 aliphatic rings. The van der Waals surface area contributed by atoms with Crippen LogP contribution in [0.1, 0.15) is 55.5 Å². The maximum Gasteiger partial charge on any atom is 0.351 e. The first kappa shape index (κ1) is 23.7. The second-order valence-electron chi connectivity index (χ2n) is 9.37. The molecular weight excluding hydrogens is 430 g/mol. The summed E-state index contributed by atoms with van der Waals surface area (Å²) in [5, 5.41) is 3.12. The first-order chi connectivity index (χ1) is 16.4. The van der Waals surface area contributed by atoms with Gasteiger partial charge >= 0.3 is 6.03 Å². The number of amides is 4. The lowest BCUT2D eigenvalue weighted by atomic mass is 9.67. The number of nitrogens with one attached hydrogen (secondary N) is 1. The fourth-order valence-electron chi connectivity index (χ4n) is 5.06. The molecule has 7 heteroatoms. The summed E-state index contributed by atoms with van der Waals surface area (Å²) in [5.74, 6) is -0.000403. The molecule has 0 radical (unpaired) electrons. The van der Waals surface area contributed by atoms with Crippen molar-refractivity contribution in [2.45, 2.75) is 51.0 Å². The van der Waals surface area contributed by atoms with Gasteiger partial charge in [0.25, 0.3) is 11.8 Å². The van der Waals surface area contributed by atoms with E-state index in [-0.39, 0.29) is 29.2 Å². The Hall–Kier alpha value is -3.48. The molecule has 7 nitrogen and oxygen atoms in total. The third-order valence-electron chi connectivity index (χ3n) is 7.01. The zero-order valence-electron chi connectivity index (χ0n) is 19.9. The van der Waals surface area contributed by atoms with Crippen molar-refractivity contribution in [2.24, 2.45) is 10.9 Å². The van der Waals surface area contributed by atoms with E-state index in [1.54, 1.807) is 19.2 Å². The fraction of sp³-hybridized carbons (Fsp3) is 0.407. The molecule has 1 fully saturated rings. The van der Waals surface area contributed by atoms with Crippen molar-refractivity contribution in [3.05, 3.63) is 65.7 Å². The molecule has 1 saturated carbocycles. The van der Waals surface area contributed by atoms with Crippen LogP contribution in [0.5, 0.6) is 5.75 Å². The number of imide groups is 1. The Morgan fingerprint density at radius 3 is 2.35 bits per heavy atom. The third kappa shape index (κ3) is 4.47. The number of carbonyl (C=O) groups is 3. The highest BCUT2D eigenvalue weighted by molar-refractivity contribution is 6.46. The van der Waals surface area contributed by atoms with Gasteiger partial charge in [-0.25, -0.2) is 4.79 Å². The molecule has 178 valence electrons. The molecule has 0 atom stereocenters. The van der Waals surface area contributed by atoms with E-state index in [1.165, 1.54) is 4.90 Å². The van der Waals surface area contributed by atoms with E-state index >= 15 is 0 Å². The smallest absolute Gasteiger partial charge is 0.351 e. The average molecular weight is 462 g/mol. The van der Waals surface area contributed by atoms with Gasteiger partial charge in [0, 0.05) is 23.9 Å². The summed E-state index contributed by atoms with van der Waals surface area (Å²) in [4.78, 5) is 43.7. The van der Waals surface area contributed by atoms with Gasteiger partial charge in [0.05, 0.1) is 12.7 Å². The number of carbonyl (C=O) groups excluding carboxylic acids is 3. The SMILES string of the molecule is COc1ccccc1C(=O)NC[C@]1(c2ccccc2)CC[C@H](N2C(=O)N=C(C(C)C)C2=O)CC1. The molecule has 1 N–H and O–H groups in total. The Morgan fingerprint density at radius 2 is 1.74 bits per heavy atom. The number of nitrogens with zero attached hydrogens (tertiary/aromatic N) is 2. The van der Waals surface area contributed by atoms with Crippen LogP contribution in [-0.2, 0) is 10.2 Å². The quantitative estimate of drug-likeness (QED) is 0.663. The molecule has 0 bridgehead atoms. The molecule has 1 aliphatic heterocycles. The number of rotatable bonds is 7. The van der Waals surface area contributed by atoms with Gasteiger partial charge in [0.1, 0.15) is 11.5 Å². The largest absolute Gasteiger partial charge is 0.496 e. The maximum atomic E-state index is 13.0. The van der Waals surface area contributed by atoms with Gasteiger partial charge in [-0.2, -0.15) is 4.99 Å². The second-order valence-corrected chi connectivity index (χ2v) is 9.37. The summed E-state index contributed by atoms with van der Waals surface area (Å²) in [7, 11) is 1.55. The predicted molar refractivity (Wildman–Crippen MR) is 130 cm³/mol. The Morgan fingerprint density at radius 1 is 1.09 bits per heavy atom. The first-order valence-corrected chi connectivity index (χ1v) is 11.8. The minimum absolute atomic E-state index is 0.0846. The van der Waals surface area contributed by atoms with Gasteiger partial charge in [0.15, 0.2) is 0 Å². The molecule has 1 heterocycles. The highest BCUT2D eigenvalue weighted by Crippen LogP contribution is 2.41. The Balaban J connectivity index is 1.51. The molecule has 0 spiro atoms. The molecule has 34 heavy (non-hydrogen) atoms. The number of benzene rings is 2. The second kappa shape index (κ2) is 9.79. The summed E-state index contributed by atoms with van der Waals surface area (Å²) >= 11 is 0. The highest BCUT2D eigenvalue weighted by Gasteiger charge is 2.44. The van der Waals surface area contributed by atoms with E-state index < -0.39 is 6.03 Å². The first-order valence-electron chi connectivity index (χ1n) is 11.8. The van der Waals surface area contributed by atoms with Crippen LogP contribution in [-0.4, -0.2) is 48.2 Å². The summed E-state index contributed by atoms with van der Waals surface area (Å²) in [6.07, 6.45) is 2.81. The van der Waals surface area contributed by atoms with Gasteiger partial charge in [-0.05, 0) is 43.4 Å². The van der Waals surface area contributed by atoms with Crippen molar-refractivity contribution in [3.8, 4) is 5.75 Å². The lowest BCUT2D eigenvalue weighted by molar-refractivity contribution is -0.123. The molecule has 1 aliphatic carbocycles. The molecule has 4 amide bonds.